The average Bonchev–Trinajstić information content (AvgIpc) is 3.26. The predicted molar refractivity (Wildman–Crippen MR) is 139 cm³/mol. The third-order valence-electron chi connectivity index (χ3n) is 11.1. The Kier molecular flexibility index (Phi) is 6.87. The van der Waals surface area contributed by atoms with Gasteiger partial charge in [0.2, 0.25) is 0 Å². The number of rotatable bonds is 8. The number of ether oxygens (including phenoxy) is 1. The van der Waals surface area contributed by atoms with E-state index in [2.05, 4.69) is 0 Å². The largest absolute Gasteiger partial charge is 0.352 e. The molecule has 0 radical (unpaired) electrons. The highest BCUT2D eigenvalue weighted by atomic mass is 19.1. The van der Waals surface area contributed by atoms with Gasteiger partial charge in [-0.3, -0.25) is 4.79 Å². The van der Waals surface area contributed by atoms with Gasteiger partial charge in [0.15, 0.2) is 22.8 Å². The lowest BCUT2D eigenvalue weighted by Crippen LogP contribution is -2.77. The van der Waals surface area contributed by atoms with Crippen LogP contribution < -0.4 is 0 Å². The van der Waals surface area contributed by atoms with E-state index in [0.29, 0.717) is 10.6 Å². The Morgan fingerprint density at radius 1 is 1.12 bits per heavy atom. The first-order valence-electron chi connectivity index (χ1n) is 14.0. The zero-order chi connectivity index (χ0) is 32.0. The second-order valence-electron chi connectivity index (χ2n) is 13.4. The number of nitrogens with zero attached hydrogens (tertiary/aromatic N) is 4. The van der Waals surface area contributed by atoms with E-state index in [1.165, 1.54) is 25.2 Å². The third-order valence-corrected chi connectivity index (χ3v) is 11.1. The van der Waals surface area contributed by atoms with Crippen molar-refractivity contribution in [2.45, 2.75) is 88.9 Å². The minimum atomic E-state index is -2.45. The van der Waals surface area contributed by atoms with E-state index in [0.717, 1.165) is 0 Å². The Labute approximate surface area is 245 Å². The summed E-state index contributed by atoms with van der Waals surface area (Å²) in [4.78, 5) is 63.2. The smallest absolute Gasteiger partial charge is 0.295 e. The molecule has 9 atom stereocenters. The van der Waals surface area contributed by atoms with Crippen molar-refractivity contribution < 1.29 is 48.9 Å². The van der Waals surface area contributed by atoms with Crippen molar-refractivity contribution in [3.63, 3.8) is 0 Å². The number of hydroxylamine groups is 2. The molecule has 4 aliphatic carbocycles. The number of alkyl halides is 1. The van der Waals surface area contributed by atoms with Gasteiger partial charge in [0.05, 0.1) is 12.1 Å². The summed E-state index contributed by atoms with van der Waals surface area (Å²) in [6.07, 6.45) is 2.04. The number of carbonyl (C=O) groups is 1. The summed E-state index contributed by atoms with van der Waals surface area (Å²) in [5, 5.41) is 44.4. The summed E-state index contributed by atoms with van der Waals surface area (Å²) in [6.45, 7) is 6.46. The molecule has 4 fully saturated rings. The number of ketones is 1. The second kappa shape index (κ2) is 9.53. The lowest BCUT2D eigenvalue weighted by Gasteiger charge is -2.65. The van der Waals surface area contributed by atoms with E-state index < -0.39 is 85.5 Å². The zero-order valence-electron chi connectivity index (χ0n) is 24.4. The lowest BCUT2D eigenvalue weighted by atomic mass is 9.44. The van der Waals surface area contributed by atoms with Crippen LogP contribution in [0, 0.1) is 58.9 Å². The van der Waals surface area contributed by atoms with Crippen LogP contribution in [-0.4, -0.2) is 73.2 Å². The summed E-state index contributed by atoms with van der Waals surface area (Å²) >= 11 is 0. The molecule has 43 heavy (non-hydrogen) atoms. The van der Waals surface area contributed by atoms with Crippen LogP contribution in [0.1, 0.15) is 60.3 Å². The number of fused-ring (bicyclic) bond motifs is 5. The van der Waals surface area contributed by atoms with Crippen LogP contribution in [0.2, 0.25) is 0 Å². The summed E-state index contributed by atoms with van der Waals surface area (Å²) < 4.78 is 24.1. The van der Waals surface area contributed by atoms with E-state index in [1.54, 1.807) is 27.7 Å². The molecule has 1 N–H and O–H groups in total. The minimum absolute atomic E-state index is 0.0709. The molecule has 3 saturated carbocycles. The van der Waals surface area contributed by atoms with Gasteiger partial charge in [0, 0.05) is 16.7 Å². The molecular formula is C26H35FN4O12. The Hall–Kier alpha value is -3.44. The molecule has 5 aliphatic rings. The van der Waals surface area contributed by atoms with Gasteiger partial charge in [-0.15, -0.1) is 35.4 Å². The van der Waals surface area contributed by atoms with Crippen LogP contribution in [0.5, 0.6) is 0 Å². The molecule has 0 aromatic rings. The van der Waals surface area contributed by atoms with E-state index in [4.69, 9.17) is 19.2 Å². The van der Waals surface area contributed by atoms with E-state index in [-0.39, 0.29) is 31.7 Å². The highest BCUT2D eigenvalue weighted by Crippen LogP contribution is 2.74. The molecule has 0 bridgehead atoms. The van der Waals surface area contributed by atoms with E-state index >= 15 is 4.39 Å². The molecule has 0 spiro atoms. The summed E-state index contributed by atoms with van der Waals surface area (Å²) in [7, 11) is 0. The first kappa shape index (κ1) is 31.0. The number of halogens is 1. The van der Waals surface area contributed by atoms with Crippen LogP contribution >= 0.6 is 0 Å². The fourth-order valence-electron chi connectivity index (χ4n) is 9.45. The molecule has 17 heteroatoms. The van der Waals surface area contributed by atoms with E-state index in [9.17, 15) is 40.3 Å². The highest BCUT2D eigenvalue weighted by Gasteiger charge is 2.83. The van der Waals surface area contributed by atoms with Crippen LogP contribution in [-0.2, 0) is 24.0 Å². The molecule has 16 nitrogen and oxygen atoms in total. The summed E-state index contributed by atoms with van der Waals surface area (Å²) in [5.74, 6) is -3.06. The molecule has 1 heterocycles. The molecule has 1 aliphatic heterocycles. The van der Waals surface area contributed by atoms with Crippen LogP contribution in [0.3, 0.4) is 0 Å². The maximum absolute atomic E-state index is 18.1. The first-order valence-corrected chi connectivity index (χ1v) is 14.0. The molecule has 238 valence electrons. The van der Waals surface area contributed by atoms with Gasteiger partial charge in [0.25, 0.3) is 15.3 Å². The monoisotopic (exact) mass is 614 g/mol. The zero-order valence-corrected chi connectivity index (χ0v) is 24.4. The van der Waals surface area contributed by atoms with Gasteiger partial charge in [-0.25, -0.2) is 4.39 Å². The first-order chi connectivity index (χ1) is 19.8. The molecule has 1 saturated heterocycles. The van der Waals surface area contributed by atoms with Gasteiger partial charge < -0.3 is 24.5 Å². The number of allylic oxidation sites excluding steroid dienone is 4. The summed E-state index contributed by atoms with van der Waals surface area (Å²) in [5.41, 5.74) is -11.0. The minimum Gasteiger partial charge on any atom is -0.352 e. The van der Waals surface area contributed by atoms with Crippen LogP contribution in [0.4, 0.5) is 4.39 Å². The van der Waals surface area contributed by atoms with Gasteiger partial charge in [-0.2, -0.15) is 0 Å². The Morgan fingerprint density at radius 2 is 1.79 bits per heavy atom. The number of hydrogen-bond acceptors (Lipinski definition) is 13. The van der Waals surface area contributed by atoms with Crippen molar-refractivity contribution in [3.05, 3.63) is 54.1 Å². The fraction of sp³-hybridized carbons (Fsp3) is 0.808. The average molecular weight is 615 g/mol. The topological polar surface area (TPSA) is 207 Å². The van der Waals surface area contributed by atoms with Gasteiger partial charge >= 0.3 is 0 Å². The van der Waals surface area contributed by atoms with Gasteiger partial charge in [0.1, 0.15) is 12.7 Å². The van der Waals surface area contributed by atoms with Crippen molar-refractivity contribution in [3.8, 4) is 0 Å². The normalized spacial score (nSPS) is 44.9. The van der Waals surface area contributed by atoms with E-state index in [1.807, 2.05) is 0 Å². The maximum atomic E-state index is 18.1. The molecular weight excluding hydrogens is 579 g/mol. The summed E-state index contributed by atoms with van der Waals surface area (Å²) in [6, 6.07) is 0. The molecule has 0 aromatic carbocycles. The maximum Gasteiger partial charge on any atom is 0.295 e. The molecule has 3 unspecified atom stereocenters. The number of hydrogen-bond donors (Lipinski definition) is 1. The quantitative estimate of drug-likeness (QED) is 0.308. The Balaban J connectivity index is 1.76. The Morgan fingerprint density at radius 3 is 2.35 bits per heavy atom. The van der Waals surface area contributed by atoms with Crippen molar-refractivity contribution in [2.75, 3.05) is 13.2 Å². The molecule has 0 aromatic heterocycles. The van der Waals surface area contributed by atoms with Crippen molar-refractivity contribution >= 4 is 5.78 Å². The lowest BCUT2D eigenvalue weighted by molar-refractivity contribution is -0.804. The number of carbonyl (C=O) groups excluding carboxylic acids is 1. The second-order valence-corrected chi connectivity index (χ2v) is 13.4. The van der Waals surface area contributed by atoms with Crippen LogP contribution in [0.15, 0.2) is 23.8 Å². The standard InChI is InChI=1S/C26H35FN4O12/c1-15-10-19-18-7-6-16-11-17(32)8-9-22(16,4)25(18,27)20(42-30(36)37)12-23(19,5)26(15,43-31(38)39)24(14-41-29(34)35)28(33)21(2,3)13-40-24/h8-9,11,15,18-20,33H,6-7,10,12-14H2,1-5H3/t15-,18?,19?,20-,22-,23-,24?,25-,26+/m0/s1. The van der Waals surface area contributed by atoms with Crippen molar-refractivity contribution in [1.82, 2.24) is 5.06 Å². The van der Waals surface area contributed by atoms with Crippen LogP contribution in [0.25, 0.3) is 0 Å². The van der Waals surface area contributed by atoms with Crippen molar-refractivity contribution in [1.29, 1.82) is 0 Å². The molecule has 5 rings (SSSR count). The predicted octanol–water partition coefficient (Wildman–Crippen LogP) is 3.17. The Bertz CT molecular complexity index is 1330. The third kappa shape index (κ3) is 3.86. The van der Waals surface area contributed by atoms with Gasteiger partial charge in [-0.1, -0.05) is 25.5 Å². The highest BCUT2D eigenvalue weighted by molar-refractivity contribution is 6.01. The van der Waals surface area contributed by atoms with Crippen molar-refractivity contribution in [2.24, 2.45) is 28.6 Å². The van der Waals surface area contributed by atoms with Gasteiger partial charge in [-0.05, 0) is 70.4 Å². The fourth-order valence-corrected chi connectivity index (χ4v) is 9.45. The SMILES string of the molecule is C[C@H]1CC2C3CCC4=CC(=O)C=C[C@]4(C)[C@@]3(F)[C@@H](O[N+](=O)[O-])C[C@]2(C)[C@@]1(O[N+](=O)[O-])C1(CO[N+](=O)[O-])OCC(C)(C)N1O. The molecule has 0 amide bonds.